The molecule has 234 valence electrons. The molecule has 0 aliphatic heterocycles. The van der Waals surface area contributed by atoms with E-state index in [-0.39, 0.29) is 17.7 Å². The summed E-state index contributed by atoms with van der Waals surface area (Å²) in [7, 11) is 2.88. The van der Waals surface area contributed by atoms with Crippen LogP contribution in [0.15, 0.2) is 35.1 Å². The average Bonchev–Trinajstić information content (AvgIpc) is 2.95. The number of likely N-dealkylation sites (N-methyl/N-ethyl adjacent to an activating group) is 1. The van der Waals surface area contributed by atoms with Gasteiger partial charge in [-0.15, -0.1) is 0 Å². The predicted octanol–water partition coefficient (Wildman–Crippen LogP) is 1.88. The van der Waals surface area contributed by atoms with Crippen molar-refractivity contribution in [2.45, 2.75) is 64.2 Å². The first-order valence-electron chi connectivity index (χ1n) is 14.2. The number of phenols is 1. The van der Waals surface area contributed by atoms with Gasteiger partial charge in [-0.25, -0.2) is 4.79 Å². The third-order valence-corrected chi connectivity index (χ3v) is 8.30. The maximum atomic E-state index is 14.0. The zero-order valence-electron chi connectivity index (χ0n) is 25.1. The Hall–Kier alpha value is -4.00. The van der Waals surface area contributed by atoms with Crippen molar-refractivity contribution in [1.82, 2.24) is 4.90 Å². The molecule has 4 rings (SSSR count). The molecule has 12 nitrogen and oxygen atoms in total. The van der Waals surface area contributed by atoms with Crippen molar-refractivity contribution in [1.29, 1.82) is 0 Å². The SMILES string of the molecule is CC.CCCCOC(=O)/C=C/c1ccc2c(c1O)C(O)=C1C(=O)[C@]3(O)C(O)=C(C(N)=O)C(=O)[C@@H](N(C)C)[C@@H]3[C@@H](O)[C@@H]1[C@H]2C. The predicted molar refractivity (Wildman–Crippen MR) is 157 cm³/mol. The number of ether oxygens (including phenoxy) is 1. The fourth-order valence-corrected chi connectivity index (χ4v) is 6.29. The van der Waals surface area contributed by atoms with E-state index in [0.29, 0.717) is 12.0 Å². The number of Topliss-reactive ketones (excluding diaryl/α,β-unsaturated/α-hetero) is 2. The number of aliphatic hydroxyl groups is 4. The first kappa shape index (κ1) is 33.5. The summed E-state index contributed by atoms with van der Waals surface area (Å²) >= 11 is 0. The summed E-state index contributed by atoms with van der Waals surface area (Å²) in [5.41, 5.74) is 1.17. The first-order valence-corrected chi connectivity index (χ1v) is 14.2. The molecular weight excluding hydrogens is 560 g/mol. The molecule has 3 aliphatic rings. The summed E-state index contributed by atoms with van der Waals surface area (Å²) in [6, 6.07) is 1.63. The van der Waals surface area contributed by atoms with Crippen molar-refractivity contribution in [3.63, 3.8) is 0 Å². The molecule has 0 spiro atoms. The largest absolute Gasteiger partial charge is 0.508 e. The quantitative estimate of drug-likeness (QED) is 0.115. The summed E-state index contributed by atoms with van der Waals surface area (Å²) in [6.45, 7) is 7.81. The second-order valence-electron chi connectivity index (χ2n) is 10.9. The Morgan fingerprint density at radius 2 is 1.77 bits per heavy atom. The van der Waals surface area contributed by atoms with Crippen LogP contribution in [0.25, 0.3) is 11.8 Å². The minimum Gasteiger partial charge on any atom is -0.508 e. The smallest absolute Gasteiger partial charge is 0.330 e. The van der Waals surface area contributed by atoms with Crippen LogP contribution in [0.4, 0.5) is 0 Å². The van der Waals surface area contributed by atoms with Gasteiger partial charge in [0.1, 0.15) is 22.8 Å². The van der Waals surface area contributed by atoms with E-state index < -0.39 is 87.4 Å². The molecule has 0 heterocycles. The lowest BCUT2D eigenvalue weighted by molar-refractivity contribution is -0.169. The van der Waals surface area contributed by atoms with Crippen molar-refractivity contribution in [2.24, 2.45) is 17.6 Å². The van der Waals surface area contributed by atoms with Gasteiger partial charge in [0.05, 0.1) is 30.2 Å². The maximum Gasteiger partial charge on any atom is 0.330 e. The van der Waals surface area contributed by atoms with Crippen molar-refractivity contribution < 1.29 is 49.4 Å². The number of phenolic OH excluding ortho intramolecular Hbond substituents is 1. The molecule has 0 aromatic heterocycles. The van der Waals surface area contributed by atoms with E-state index in [9.17, 15) is 44.7 Å². The van der Waals surface area contributed by atoms with Gasteiger partial charge in [-0.05, 0) is 38.1 Å². The molecule has 3 aliphatic carbocycles. The van der Waals surface area contributed by atoms with E-state index in [2.05, 4.69) is 0 Å². The van der Waals surface area contributed by atoms with Crippen LogP contribution in [-0.4, -0.2) is 92.3 Å². The van der Waals surface area contributed by atoms with Crippen LogP contribution in [0.3, 0.4) is 0 Å². The molecule has 0 radical (unpaired) electrons. The van der Waals surface area contributed by atoms with Crippen LogP contribution in [0.1, 0.15) is 63.1 Å². The number of rotatable bonds is 7. The van der Waals surface area contributed by atoms with Gasteiger partial charge in [0.15, 0.2) is 11.4 Å². The summed E-state index contributed by atoms with van der Waals surface area (Å²) in [6.07, 6.45) is 2.23. The number of benzene rings is 1. The summed E-state index contributed by atoms with van der Waals surface area (Å²) < 4.78 is 5.07. The number of aliphatic hydroxyl groups excluding tert-OH is 3. The Bertz CT molecular complexity index is 1430. The van der Waals surface area contributed by atoms with Crippen molar-refractivity contribution in [3.05, 3.63) is 51.8 Å². The number of nitrogens with zero attached hydrogens (tertiary/aromatic N) is 1. The Morgan fingerprint density at radius 3 is 2.33 bits per heavy atom. The minimum absolute atomic E-state index is 0.115. The number of aromatic hydroxyl groups is 1. The fourth-order valence-electron chi connectivity index (χ4n) is 6.29. The zero-order valence-corrected chi connectivity index (χ0v) is 25.1. The third-order valence-electron chi connectivity index (χ3n) is 8.30. The molecule has 43 heavy (non-hydrogen) atoms. The lowest BCUT2D eigenvalue weighted by Gasteiger charge is -2.53. The molecule has 1 fully saturated rings. The summed E-state index contributed by atoms with van der Waals surface area (Å²) in [5.74, 6) is -10.3. The van der Waals surface area contributed by atoms with Crippen molar-refractivity contribution >= 4 is 35.3 Å². The highest BCUT2D eigenvalue weighted by Crippen LogP contribution is 2.56. The van der Waals surface area contributed by atoms with Gasteiger partial charge in [0.25, 0.3) is 5.91 Å². The van der Waals surface area contributed by atoms with Gasteiger partial charge in [-0.1, -0.05) is 46.2 Å². The molecule has 6 atom stereocenters. The molecule has 0 bridgehead atoms. The number of unbranched alkanes of at least 4 members (excludes halogenated alkanes) is 1. The monoisotopic (exact) mass is 600 g/mol. The Labute approximate surface area is 249 Å². The third kappa shape index (κ3) is 5.23. The number of amides is 1. The molecule has 0 unspecified atom stereocenters. The molecule has 1 saturated carbocycles. The van der Waals surface area contributed by atoms with Crippen LogP contribution in [0.5, 0.6) is 5.75 Å². The van der Waals surface area contributed by atoms with Crippen LogP contribution in [0.2, 0.25) is 0 Å². The number of nitrogens with two attached hydrogens (primary N) is 1. The van der Waals surface area contributed by atoms with Gasteiger partial charge in [-0.2, -0.15) is 0 Å². The number of hydrogen-bond acceptors (Lipinski definition) is 11. The van der Waals surface area contributed by atoms with Crippen molar-refractivity contribution in [3.8, 4) is 5.75 Å². The number of hydrogen-bond donors (Lipinski definition) is 6. The summed E-state index contributed by atoms with van der Waals surface area (Å²) in [4.78, 5) is 52.6. The second kappa shape index (κ2) is 12.7. The van der Waals surface area contributed by atoms with E-state index in [1.165, 1.54) is 31.1 Å². The minimum atomic E-state index is -2.99. The van der Waals surface area contributed by atoms with E-state index in [1.54, 1.807) is 13.0 Å². The number of primary amides is 1. The van der Waals surface area contributed by atoms with Gasteiger partial charge in [-0.3, -0.25) is 19.3 Å². The zero-order chi connectivity index (χ0) is 32.5. The van der Waals surface area contributed by atoms with Crippen molar-refractivity contribution in [2.75, 3.05) is 20.7 Å². The molecule has 1 aromatic rings. The van der Waals surface area contributed by atoms with Gasteiger partial charge < -0.3 is 36.0 Å². The van der Waals surface area contributed by atoms with Crippen LogP contribution < -0.4 is 5.73 Å². The molecule has 1 aromatic carbocycles. The fraction of sp³-hybridized carbons (Fsp3) is 0.484. The van der Waals surface area contributed by atoms with Gasteiger partial charge in [0.2, 0.25) is 5.78 Å². The Morgan fingerprint density at radius 1 is 1.14 bits per heavy atom. The molecule has 7 N–H and O–H groups in total. The van der Waals surface area contributed by atoms with E-state index in [0.717, 1.165) is 12.5 Å². The van der Waals surface area contributed by atoms with Crippen LogP contribution in [-0.2, 0) is 23.9 Å². The number of carbonyl (C=O) groups is 4. The van der Waals surface area contributed by atoms with E-state index >= 15 is 0 Å². The summed E-state index contributed by atoms with van der Waals surface area (Å²) in [5, 5.41) is 56.8. The van der Waals surface area contributed by atoms with E-state index in [4.69, 9.17) is 10.5 Å². The van der Waals surface area contributed by atoms with Gasteiger partial charge >= 0.3 is 5.97 Å². The standard InChI is InChI=1S/C29H34N2O10.C2H6/c1-5-6-11-41-15(32)10-8-13-7-9-14-12(2)16-18(23(34)17(14)22(13)33)26(37)29(40)20(24(16)35)21(31(3)4)25(36)19(27(29)38)28(30)39;1-2/h7-10,12,16,20-21,24,33-35,38,40H,5-6,11H2,1-4H3,(H2,30,39);1-2H3/b10-8+;/t12-,16+,20+,21-,24-,29-;/m0./s1. The lowest BCUT2D eigenvalue weighted by Crippen LogP contribution is -2.70. The Kier molecular flexibility index (Phi) is 9.90. The second-order valence-corrected chi connectivity index (χ2v) is 10.9. The molecule has 0 saturated heterocycles. The van der Waals surface area contributed by atoms with Gasteiger partial charge in [0, 0.05) is 23.1 Å². The number of esters is 1. The van der Waals surface area contributed by atoms with Crippen LogP contribution >= 0.6 is 0 Å². The van der Waals surface area contributed by atoms with E-state index in [1.807, 2.05) is 20.8 Å². The Balaban J connectivity index is 0.00000248. The highest BCUT2D eigenvalue weighted by atomic mass is 16.5. The highest BCUT2D eigenvalue weighted by Gasteiger charge is 2.68. The normalized spacial score (nSPS) is 28.3. The first-order chi connectivity index (χ1) is 20.2. The average molecular weight is 601 g/mol. The molecule has 1 amide bonds. The number of carbonyl (C=O) groups excluding carboxylic acids is 4. The topological polar surface area (TPSA) is 208 Å². The van der Waals surface area contributed by atoms with Crippen LogP contribution in [0, 0.1) is 11.8 Å². The molecule has 12 heteroatoms. The number of fused-ring (bicyclic) bond motifs is 3. The highest BCUT2D eigenvalue weighted by molar-refractivity contribution is 6.24. The lowest BCUT2D eigenvalue weighted by atomic mass is 9.54. The number of ketones is 2. The molecular formula is C31H40N2O10. The maximum absolute atomic E-state index is 14.0.